The van der Waals surface area contributed by atoms with Crippen LogP contribution in [-0.2, 0) is 22.8 Å². The van der Waals surface area contributed by atoms with E-state index in [0.717, 1.165) is 28.8 Å². The molecule has 0 aliphatic carbocycles. The molecule has 33 heavy (non-hydrogen) atoms. The Hall–Kier alpha value is -3.41. The molecule has 12 heteroatoms. The molecule has 0 atom stereocenters. The topological polar surface area (TPSA) is 80.1 Å². The van der Waals surface area contributed by atoms with Crippen LogP contribution in [0.25, 0.3) is 11.4 Å². The van der Waals surface area contributed by atoms with Crippen molar-refractivity contribution in [1.29, 1.82) is 0 Å². The van der Waals surface area contributed by atoms with Gasteiger partial charge in [-0.1, -0.05) is 36.0 Å². The third-order valence-electron chi connectivity index (χ3n) is 4.59. The number of carbonyl (C=O) groups is 2. The number of nitrogens with one attached hydrogen (secondary N) is 1. The van der Waals surface area contributed by atoms with Crippen molar-refractivity contribution in [3.63, 3.8) is 0 Å². The molecule has 0 unspecified atom stereocenters. The Kier molecular flexibility index (Phi) is 7.36. The number of benzene rings is 2. The normalized spacial score (nSPS) is 11.3. The number of halogens is 4. The van der Waals surface area contributed by atoms with Crippen LogP contribution >= 0.6 is 11.8 Å². The van der Waals surface area contributed by atoms with Gasteiger partial charge in [0.15, 0.2) is 11.0 Å². The number of nitrogens with zero attached hydrogens (tertiary/aromatic N) is 4. The van der Waals surface area contributed by atoms with E-state index in [1.165, 1.54) is 29.8 Å². The molecule has 174 valence electrons. The van der Waals surface area contributed by atoms with Crippen LogP contribution in [0.5, 0.6) is 0 Å². The van der Waals surface area contributed by atoms with Crippen molar-refractivity contribution in [2.24, 2.45) is 7.05 Å². The summed E-state index contributed by atoms with van der Waals surface area (Å²) >= 11 is 1.04. The molecule has 0 aliphatic heterocycles. The molecule has 0 aliphatic rings. The quantitative estimate of drug-likeness (QED) is 0.410. The first-order chi connectivity index (χ1) is 15.6. The molecular weight excluding hydrogens is 462 g/mol. The van der Waals surface area contributed by atoms with Crippen molar-refractivity contribution in [1.82, 2.24) is 19.7 Å². The molecule has 3 rings (SSSR count). The molecule has 0 saturated carbocycles. The van der Waals surface area contributed by atoms with E-state index in [4.69, 9.17) is 0 Å². The molecule has 7 nitrogen and oxygen atoms in total. The molecule has 2 amide bonds. The van der Waals surface area contributed by atoms with E-state index < -0.39 is 35.9 Å². The van der Waals surface area contributed by atoms with Crippen molar-refractivity contribution in [2.75, 3.05) is 24.7 Å². The molecule has 0 saturated heterocycles. The fraction of sp³-hybridized carbons (Fsp3) is 0.238. The zero-order chi connectivity index (χ0) is 24.2. The molecule has 0 bridgehead atoms. The van der Waals surface area contributed by atoms with E-state index in [1.54, 1.807) is 25.2 Å². The highest BCUT2D eigenvalue weighted by Gasteiger charge is 2.33. The molecule has 1 heterocycles. The number of hydrogen-bond donors (Lipinski definition) is 1. The van der Waals surface area contributed by atoms with E-state index in [9.17, 15) is 27.2 Å². The molecule has 0 spiro atoms. The molecule has 2 aromatic carbocycles. The number of alkyl halides is 3. The van der Waals surface area contributed by atoms with Gasteiger partial charge in [-0.15, -0.1) is 10.2 Å². The molecule has 3 aromatic rings. The maximum Gasteiger partial charge on any atom is 0.418 e. The lowest BCUT2D eigenvalue weighted by Gasteiger charge is -2.18. The van der Waals surface area contributed by atoms with Gasteiger partial charge >= 0.3 is 6.18 Å². The van der Waals surface area contributed by atoms with Crippen LogP contribution in [0.15, 0.2) is 53.7 Å². The van der Waals surface area contributed by atoms with Gasteiger partial charge in [-0.25, -0.2) is 4.39 Å². The zero-order valence-corrected chi connectivity index (χ0v) is 18.4. The second-order valence-electron chi connectivity index (χ2n) is 6.98. The second kappa shape index (κ2) is 10.0. The highest BCUT2D eigenvalue weighted by molar-refractivity contribution is 7.99. The van der Waals surface area contributed by atoms with Crippen LogP contribution in [0.1, 0.15) is 5.56 Å². The lowest BCUT2D eigenvalue weighted by molar-refractivity contribution is -0.137. The summed E-state index contributed by atoms with van der Waals surface area (Å²) in [6, 6.07) is 10.7. The number of carbonyl (C=O) groups excluding carboxylic acids is 2. The average Bonchev–Trinajstić information content (AvgIpc) is 3.12. The fourth-order valence-electron chi connectivity index (χ4n) is 2.89. The van der Waals surface area contributed by atoms with Gasteiger partial charge in [0.25, 0.3) is 0 Å². The first kappa shape index (κ1) is 24.2. The van der Waals surface area contributed by atoms with Gasteiger partial charge in [0.05, 0.1) is 29.1 Å². The smallest absolute Gasteiger partial charge is 0.336 e. The molecule has 1 N–H and O–H groups in total. The van der Waals surface area contributed by atoms with Crippen molar-refractivity contribution < 1.29 is 27.2 Å². The van der Waals surface area contributed by atoms with E-state index in [-0.39, 0.29) is 17.0 Å². The van der Waals surface area contributed by atoms with Gasteiger partial charge in [0.2, 0.25) is 11.8 Å². The number of hydrogen-bond acceptors (Lipinski definition) is 5. The Morgan fingerprint density at radius 2 is 1.76 bits per heavy atom. The summed E-state index contributed by atoms with van der Waals surface area (Å²) in [4.78, 5) is 25.7. The molecule has 1 aromatic heterocycles. The summed E-state index contributed by atoms with van der Waals surface area (Å²) in [6.07, 6.45) is -4.63. The van der Waals surface area contributed by atoms with Crippen LogP contribution in [0.3, 0.4) is 0 Å². The van der Waals surface area contributed by atoms with Crippen LogP contribution in [-0.4, -0.2) is 50.8 Å². The number of amides is 2. The van der Waals surface area contributed by atoms with Gasteiger partial charge < -0.3 is 14.8 Å². The number of anilines is 1. The average molecular weight is 481 g/mol. The number of rotatable bonds is 7. The Morgan fingerprint density at radius 1 is 1.09 bits per heavy atom. The van der Waals surface area contributed by atoms with E-state index in [1.807, 2.05) is 0 Å². The zero-order valence-electron chi connectivity index (χ0n) is 17.6. The fourth-order valence-corrected chi connectivity index (χ4v) is 3.74. The van der Waals surface area contributed by atoms with Crippen molar-refractivity contribution in [3.05, 3.63) is 59.9 Å². The molecule has 0 fully saturated rings. The highest BCUT2D eigenvalue weighted by Crippen LogP contribution is 2.34. The van der Waals surface area contributed by atoms with Crippen LogP contribution in [0.2, 0.25) is 0 Å². The maximum absolute atomic E-state index is 14.0. The van der Waals surface area contributed by atoms with Crippen molar-refractivity contribution >= 4 is 29.3 Å². The highest BCUT2D eigenvalue weighted by atomic mass is 32.2. The summed E-state index contributed by atoms with van der Waals surface area (Å²) in [5.41, 5.74) is -1.10. The van der Waals surface area contributed by atoms with Gasteiger partial charge in [-0.2, -0.15) is 13.2 Å². The summed E-state index contributed by atoms with van der Waals surface area (Å²) in [5, 5.41) is 10.5. The second-order valence-corrected chi connectivity index (χ2v) is 7.92. The van der Waals surface area contributed by atoms with E-state index >= 15 is 0 Å². The van der Waals surface area contributed by atoms with Crippen LogP contribution in [0.4, 0.5) is 23.2 Å². The van der Waals surface area contributed by atoms with Gasteiger partial charge in [-0.05, 0) is 24.3 Å². The van der Waals surface area contributed by atoms with Crippen molar-refractivity contribution in [3.8, 4) is 11.4 Å². The largest absolute Gasteiger partial charge is 0.418 e. The first-order valence-electron chi connectivity index (χ1n) is 9.55. The summed E-state index contributed by atoms with van der Waals surface area (Å²) in [7, 11) is 2.99. The summed E-state index contributed by atoms with van der Waals surface area (Å²) in [6.45, 7) is -0.440. The SMILES string of the molecule is CN(CC(=O)Nc1ccccc1C(F)(F)F)C(=O)CSc1nnc(-c2ccccc2F)n1C. The minimum absolute atomic E-state index is 0.105. The maximum atomic E-state index is 14.0. The summed E-state index contributed by atoms with van der Waals surface area (Å²) < 4.78 is 54.7. The Bertz CT molecular complexity index is 1170. The minimum Gasteiger partial charge on any atom is -0.336 e. The minimum atomic E-state index is -4.63. The lowest BCUT2D eigenvalue weighted by atomic mass is 10.1. The predicted molar refractivity (Wildman–Crippen MR) is 115 cm³/mol. The number of thioether (sulfide) groups is 1. The van der Waals surface area contributed by atoms with Crippen molar-refractivity contribution in [2.45, 2.75) is 11.3 Å². The van der Waals surface area contributed by atoms with Gasteiger partial charge in [0.1, 0.15) is 5.82 Å². The number of para-hydroxylation sites is 1. The van der Waals surface area contributed by atoms with Crippen LogP contribution in [0, 0.1) is 5.82 Å². The Balaban J connectivity index is 1.58. The Labute approximate surface area is 190 Å². The van der Waals surface area contributed by atoms with Gasteiger partial charge in [-0.3, -0.25) is 9.59 Å². The standard InChI is InChI=1S/C21H19F4N5O2S/c1-29(11-17(31)26-16-10-6-4-8-14(16)21(23,24)25)18(32)12-33-20-28-27-19(30(20)2)13-7-3-5-9-15(13)22/h3-10H,11-12H2,1-2H3,(H,26,31). The first-order valence-corrected chi connectivity index (χ1v) is 10.5. The lowest BCUT2D eigenvalue weighted by Crippen LogP contribution is -2.36. The third kappa shape index (κ3) is 5.89. The summed E-state index contributed by atoms with van der Waals surface area (Å²) in [5.74, 6) is -1.49. The van der Waals surface area contributed by atoms with E-state index in [2.05, 4.69) is 15.5 Å². The van der Waals surface area contributed by atoms with E-state index in [0.29, 0.717) is 11.0 Å². The number of likely N-dealkylation sites (N-methyl/N-ethyl adjacent to an activating group) is 1. The number of aromatic nitrogens is 3. The van der Waals surface area contributed by atoms with Gasteiger partial charge in [0, 0.05) is 14.1 Å². The Morgan fingerprint density at radius 3 is 2.45 bits per heavy atom. The van der Waals surface area contributed by atoms with Crippen LogP contribution < -0.4 is 5.32 Å². The molecular formula is C21H19F4N5O2S. The monoisotopic (exact) mass is 481 g/mol. The molecule has 0 radical (unpaired) electrons. The predicted octanol–water partition coefficient (Wildman–Crippen LogP) is 3.83. The third-order valence-corrected chi connectivity index (χ3v) is 5.59.